The molecule has 5 rings (SSSR count). The number of benzene rings is 3. The molecule has 1 atom stereocenters. The van der Waals surface area contributed by atoms with Crippen molar-refractivity contribution in [2.24, 2.45) is 5.92 Å². The first-order valence-electron chi connectivity index (χ1n) is 11.4. The number of rotatable bonds is 7. The molecule has 170 valence electrons. The van der Waals surface area contributed by atoms with E-state index < -0.39 is 0 Å². The lowest BCUT2D eigenvalue weighted by Gasteiger charge is -2.37. The van der Waals surface area contributed by atoms with Crippen LogP contribution in [0, 0.1) is 5.92 Å². The van der Waals surface area contributed by atoms with E-state index in [9.17, 15) is 9.50 Å². The molecule has 0 saturated carbocycles. The molecule has 0 radical (unpaired) electrons. The Kier molecular flexibility index (Phi) is 6.05. The first kappa shape index (κ1) is 21.5. The van der Waals surface area contributed by atoms with Gasteiger partial charge in [0.05, 0.1) is 6.67 Å². The topological polar surface area (TPSA) is 41.9 Å². The highest BCUT2D eigenvalue weighted by Gasteiger charge is 2.29. The van der Waals surface area contributed by atoms with Crippen molar-refractivity contribution in [3.8, 4) is 17.2 Å². The van der Waals surface area contributed by atoms with Crippen LogP contribution >= 0.6 is 0 Å². The number of aromatic hydroxyl groups is 1. The highest BCUT2D eigenvalue weighted by Crippen LogP contribution is 2.47. The van der Waals surface area contributed by atoms with Gasteiger partial charge in [-0.2, -0.15) is 0 Å². The fourth-order valence-corrected chi connectivity index (χ4v) is 4.65. The number of ether oxygens (including phenoxy) is 2. The Morgan fingerprint density at radius 3 is 2.52 bits per heavy atom. The van der Waals surface area contributed by atoms with Crippen LogP contribution < -0.4 is 9.47 Å². The minimum absolute atomic E-state index is 0.198. The zero-order valence-electron chi connectivity index (χ0n) is 18.7. The first-order valence-corrected chi connectivity index (χ1v) is 11.4. The number of phenols is 1. The average molecular weight is 446 g/mol. The van der Waals surface area contributed by atoms with Crippen molar-refractivity contribution < 1.29 is 19.0 Å². The number of halogens is 1. The van der Waals surface area contributed by atoms with Crippen LogP contribution in [0.3, 0.4) is 0 Å². The van der Waals surface area contributed by atoms with Crippen LogP contribution in [0.1, 0.15) is 29.7 Å². The second-order valence-electron chi connectivity index (χ2n) is 8.78. The summed E-state index contributed by atoms with van der Waals surface area (Å²) in [4.78, 5) is 2.21. The van der Waals surface area contributed by atoms with Crippen molar-refractivity contribution in [1.29, 1.82) is 0 Å². The van der Waals surface area contributed by atoms with Crippen molar-refractivity contribution in [1.82, 2.24) is 4.90 Å². The van der Waals surface area contributed by atoms with E-state index in [2.05, 4.69) is 24.0 Å². The van der Waals surface area contributed by atoms with Crippen molar-refractivity contribution >= 4 is 11.1 Å². The maximum Gasteiger partial charge on any atom is 0.150 e. The number of allylic oxidation sites excluding steroid dienone is 1. The van der Waals surface area contributed by atoms with Gasteiger partial charge in [-0.3, -0.25) is 9.29 Å². The molecule has 0 spiro atoms. The van der Waals surface area contributed by atoms with Crippen LogP contribution in [-0.4, -0.2) is 42.9 Å². The molecule has 0 aromatic heterocycles. The summed E-state index contributed by atoms with van der Waals surface area (Å²) in [7, 11) is 0. The molecule has 1 fully saturated rings. The van der Waals surface area contributed by atoms with E-state index in [4.69, 9.17) is 9.47 Å². The standard InChI is InChI=1S/C28H28FNO3/c1-19-25-15-23(31)9-12-26(25)33-28(27(19)21-5-3-2-4-6-21)22-7-10-24(11-8-22)32-14-13-30-17-20(16-29)18-30/h2-12,15,20,28,31H,13-14,16-18H2,1H3. The van der Waals surface area contributed by atoms with Gasteiger partial charge in [-0.05, 0) is 54.0 Å². The number of alkyl halides is 1. The second-order valence-corrected chi connectivity index (χ2v) is 8.78. The van der Waals surface area contributed by atoms with E-state index in [0.717, 1.165) is 59.0 Å². The Labute approximate surface area is 193 Å². The normalized spacial score (nSPS) is 18.4. The van der Waals surface area contributed by atoms with E-state index >= 15 is 0 Å². The first-order chi connectivity index (χ1) is 16.1. The molecule has 5 heteroatoms. The van der Waals surface area contributed by atoms with Crippen LogP contribution in [-0.2, 0) is 0 Å². The molecule has 2 aliphatic rings. The third kappa shape index (κ3) is 4.46. The molecule has 33 heavy (non-hydrogen) atoms. The minimum atomic E-state index is -0.266. The number of nitrogens with zero attached hydrogens (tertiary/aromatic N) is 1. The zero-order valence-corrected chi connectivity index (χ0v) is 18.7. The number of phenolic OH excluding ortho intramolecular Hbond substituents is 1. The number of fused-ring (bicyclic) bond motifs is 1. The summed E-state index contributed by atoms with van der Waals surface area (Å²) in [5.74, 6) is 1.99. The fraction of sp³-hybridized carbons (Fsp3) is 0.286. The van der Waals surface area contributed by atoms with Crippen molar-refractivity contribution in [2.45, 2.75) is 13.0 Å². The van der Waals surface area contributed by atoms with Gasteiger partial charge >= 0.3 is 0 Å². The summed E-state index contributed by atoms with van der Waals surface area (Å²) in [6.07, 6.45) is -0.266. The highest BCUT2D eigenvalue weighted by atomic mass is 19.1. The predicted octanol–water partition coefficient (Wildman–Crippen LogP) is 5.74. The number of hydrogen-bond donors (Lipinski definition) is 1. The summed E-state index contributed by atoms with van der Waals surface area (Å²) in [6, 6.07) is 23.5. The third-order valence-electron chi connectivity index (χ3n) is 6.47. The molecule has 2 heterocycles. The predicted molar refractivity (Wildman–Crippen MR) is 128 cm³/mol. The Balaban J connectivity index is 1.36. The zero-order chi connectivity index (χ0) is 22.8. The lowest BCUT2D eigenvalue weighted by Crippen LogP contribution is -2.49. The SMILES string of the molecule is CC1=C(c2ccccc2)C(c2ccc(OCCN3CC(CF)C3)cc2)Oc2ccc(O)cc21. The van der Waals surface area contributed by atoms with Crippen LogP contribution in [0.15, 0.2) is 72.8 Å². The van der Waals surface area contributed by atoms with E-state index in [1.165, 1.54) is 0 Å². The van der Waals surface area contributed by atoms with E-state index in [1.54, 1.807) is 12.1 Å². The molecule has 0 amide bonds. The van der Waals surface area contributed by atoms with E-state index in [-0.39, 0.29) is 24.4 Å². The minimum Gasteiger partial charge on any atom is -0.508 e. The van der Waals surface area contributed by atoms with Crippen molar-refractivity contribution in [3.63, 3.8) is 0 Å². The molecule has 3 aromatic carbocycles. The van der Waals surface area contributed by atoms with Gasteiger partial charge in [-0.1, -0.05) is 42.5 Å². The Morgan fingerprint density at radius 1 is 1.03 bits per heavy atom. The van der Waals surface area contributed by atoms with Gasteiger partial charge in [0, 0.05) is 36.7 Å². The summed E-state index contributed by atoms with van der Waals surface area (Å²) < 4.78 is 24.9. The van der Waals surface area contributed by atoms with Crippen LogP contribution in [0.25, 0.3) is 11.1 Å². The van der Waals surface area contributed by atoms with Gasteiger partial charge in [0.2, 0.25) is 0 Å². The van der Waals surface area contributed by atoms with E-state index in [0.29, 0.717) is 6.61 Å². The van der Waals surface area contributed by atoms with Gasteiger partial charge < -0.3 is 14.6 Å². The summed E-state index contributed by atoms with van der Waals surface area (Å²) >= 11 is 0. The quantitative estimate of drug-likeness (QED) is 0.504. The Morgan fingerprint density at radius 2 is 1.79 bits per heavy atom. The van der Waals surface area contributed by atoms with Crippen molar-refractivity contribution in [2.75, 3.05) is 32.9 Å². The smallest absolute Gasteiger partial charge is 0.150 e. The second kappa shape index (κ2) is 9.28. The Bertz CT molecular complexity index is 1140. The largest absolute Gasteiger partial charge is 0.508 e. The molecule has 2 aliphatic heterocycles. The van der Waals surface area contributed by atoms with Crippen LogP contribution in [0.2, 0.25) is 0 Å². The lowest BCUT2D eigenvalue weighted by atomic mass is 9.86. The Hall–Kier alpha value is -3.31. The molecule has 4 nitrogen and oxygen atoms in total. The number of likely N-dealkylation sites (tertiary alicyclic amines) is 1. The highest BCUT2D eigenvalue weighted by molar-refractivity contribution is 5.95. The van der Waals surface area contributed by atoms with Gasteiger partial charge in [0.15, 0.2) is 0 Å². The summed E-state index contributed by atoms with van der Waals surface area (Å²) in [5.41, 5.74) is 5.21. The van der Waals surface area contributed by atoms with Crippen LogP contribution in [0.4, 0.5) is 4.39 Å². The number of hydrogen-bond acceptors (Lipinski definition) is 4. The lowest BCUT2D eigenvalue weighted by molar-refractivity contribution is 0.0668. The molecule has 1 saturated heterocycles. The third-order valence-corrected chi connectivity index (χ3v) is 6.47. The maximum atomic E-state index is 12.6. The average Bonchev–Trinajstić information content (AvgIpc) is 2.82. The fourth-order valence-electron chi connectivity index (χ4n) is 4.65. The molecule has 0 bridgehead atoms. The molecular weight excluding hydrogens is 417 g/mol. The molecule has 1 N–H and O–H groups in total. The molecule has 0 aliphatic carbocycles. The van der Waals surface area contributed by atoms with Crippen LogP contribution in [0.5, 0.6) is 17.2 Å². The van der Waals surface area contributed by atoms with E-state index in [1.807, 2.05) is 48.5 Å². The molecular formula is C28H28FNO3. The molecule has 1 unspecified atom stereocenters. The van der Waals surface area contributed by atoms with Gasteiger partial charge in [0.25, 0.3) is 0 Å². The van der Waals surface area contributed by atoms with Gasteiger partial charge in [-0.15, -0.1) is 0 Å². The monoisotopic (exact) mass is 445 g/mol. The summed E-state index contributed by atoms with van der Waals surface area (Å²) in [6.45, 7) is 4.90. The maximum absolute atomic E-state index is 12.6. The van der Waals surface area contributed by atoms with Gasteiger partial charge in [-0.25, -0.2) is 0 Å². The summed E-state index contributed by atoms with van der Waals surface area (Å²) in [5, 5.41) is 10.0. The van der Waals surface area contributed by atoms with Gasteiger partial charge in [0.1, 0.15) is 30.0 Å². The molecule has 3 aromatic rings. The van der Waals surface area contributed by atoms with Crippen molar-refractivity contribution in [3.05, 3.63) is 89.5 Å².